The van der Waals surface area contributed by atoms with Crippen molar-refractivity contribution in [1.29, 1.82) is 0 Å². The van der Waals surface area contributed by atoms with Crippen molar-refractivity contribution >= 4 is 15.9 Å². The second-order valence-corrected chi connectivity index (χ2v) is 7.47. The van der Waals surface area contributed by atoms with E-state index in [0.29, 0.717) is 6.61 Å². The number of aliphatic hydroxyl groups is 1. The standard InChI is InChI=1S/C20H41BrO2/c21-17-13-16-20-23-19-15-12-10-8-6-4-2-1-3-5-7-9-11-14-18-22/h22H,1-20H2. The molecule has 1 N–H and O–H groups in total. The van der Waals surface area contributed by atoms with E-state index < -0.39 is 0 Å². The molecule has 0 saturated heterocycles. The van der Waals surface area contributed by atoms with Crippen molar-refractivity contribution in [2.24, 2.45) is 0 Å². The predicted molar refractivity (Wildman–Crippen MR) is 106 cm³/mol. The van der Waals surface area contributed by atoms with Crippen LogP contribution in [0.3, 0.4) is 0 Å². The van der Waals surface area contributed by atoms with Gasteiger partial charge in [-0.15, -0.1) is 0 Å². The van der Waals surface area contributed by atoms with Crippen LogP contribution in [-0.4, -0.2) is 30.3 Å². The normalized spacial score (nSPS) is 11.2. The SMILES string of the molecule is OCCCCCCCCCCCCCCCCOCCCCBr. The minimum atomic E-state index is 0.365. The van der Waals surface area contributed by atoms with Gasteiger partial charge in [-0.2, -0.15) is 0 Å². The summed E-state index contributed by atoms with van der Waals surface area (Å²) in [6.07, 6.45) is 21.1. The number of alkyl halides is 1. The molecule has 0 spiro atoms. The van der Waals surface area contributed by atoms with E-state index >= 15 is 0 Å². The molecule has 0 aromatic rings. The summed E-state index contributed by atoms with van der Waals surface area (Å²) < 4.78 is 5.62. The Morgan fingerprint density at radius 3 is 1.22 bits per heavy atom. The lowest BCUT2D eigenvalue weighted by Gasteiger charge is -2.04. The van der Waals surface area contributed by atoms with E-state index in [-0.39, 0.29) is 0 Å². The Labute approximate surface area is 153 Å². The molecule has 3 heteroatoms. The highest BCUT2D eigenvalue weighted by molar-refractivity contribution is 9.09. The molecule has 0 unspecified atom stereocenters. The summed E-state index contributed by atoms with van der Waals surface area (Å²) in [6, 6.07) is 0. The molecule has 0 aliphatic carbocycles. The van der Waals surface area contributed by atoms with Gasteiger partial charge in [0.25, 0.3) is 0 Å². The molecule has 0 amide bonds. The minimum Gasteiger partial charge on any atom is -0.396 e. The number of hydrogen-bond acceptors (Lipinski definition) is 2. The molecule has 0 atom stereocenters. The van der Waals surface area contributed by atoms with E-state index in [0.717, 1.165) is 25.0 Å². The van der Waals surface area contributed by atoms with Gasteiger partial charge < -0.3 is 9.84 Å². The molecule has 0 rings (SSSR count). The van der Waals surface area contributed by atoms with Crippen LogP contribution in [0, 0.1) is 0 Å². The maximum Gasteiger partial charge on any atom is 0.0466 e. The Morgan fingerprint density at radius 1 is 0.478 bits per heavy atom. The number of halogens is 1. The summed E-state index contributed by atoms with van der Waals surface area (Å²) in [7, 11) is 0. The summed E-state index contributed by atoms with van der Waals surface area (Å²) in [6.45, 7) is 2.26. The highest BCUT2D eigenvalue weighted by Crippen LogP contribution is 2.13. The molecule has 140 valence electrons. The van der Waals surface area contributed by atoms with Crippen LogP contribution in [0.5, 0.6) is 0 Å². The van der Waals surface area contributed by atoms with Crippen molar-refractivity contribution in [3.05, 3.63) is 0 Å². The highest BCUT2D eigenvalue weighted by Gasteiger charge is 1.95. The van der Waals surface area contributed by atoms with Crippen LogP contribution in [0.25, 0.3) is 0 Å². The Morgan fingerprint density at radius 2 is 0.826 bits per heavy atom. The fourth-order valence-electron chi connectivity index (χ4n) is 2.84. The lowest BCUT2D eigenvalue weighted by Crippen LogP contribution is -1.97. The van der Waals surface area contributed by atoms with E-state index in [1.165, 1.54) is 96.3 Å². The zero-order chi connectivity index (χ0) is 16.8. The number of rotatable bonds is 20. The maximum atomic E-state index is 8.70. The van der Waals surface area contributed by atoms with Crippen LogP contribution < -0.4 is 0 Å². The van der Waals surface area contributed by atoms with Crippen molar-refractivity contribution in [3.8, 4) is 0 Å². The van der Waals surface area contributed by atoms with Gasteiger partial charge in [-0.3, -0.25) is 0 Å². The average Bonchev–Trinajstić information content (AvgIpc) is 2.57. The monoisotopic (exact) mass is 392 g/mol. The van der Waals surface area contributed by atoms with E-state index in [9.17, 15) is 0 Å². The maximum absolute atomic E-state index is 8.70. The summed E-state index contributed by atoms with van der Waals surface area (Å²) in [5, 5.41) is 9.80. The van der Waals surface area contributed by atoms with Crippen molar-refractivity contribution in [2.45, 2.75) is 103 Å². The number of ether oxygens (including phenoxy) is 1. The van der Waals surface area contributed by atoms with Crippen LogP contribution in [0.2, 0.25) is 0 Å². The predicted octanol–water partition coefficient (Wildman–Crippen LogP) is 6.63. The van der Waals surface area contributed by atoms with Gasteiger partial charge in [0, 0.05) is 25.2 Å². The summed E-state index contributed by atoms with van der Waals surface area (Å²) in [4.78, 5) is 0. The Bertz CT molecular complexity index is 180. The van der Waals surface area contributed by atoms with Gasteiger partial charge in [0.05, 0.1) is 0 Å². The molecule has 0 aromatic heterocycles. The molecule has 0 bridgehead atoms. The summed E-state index contributed by atoms with van der Waals surface area (Å²) >= 11 is 3.44. The molecular formula is C20H41BrO2. The largest absolute Gasteiger partial charge is 0.396 e. The van der Waals surface area contributed by atoms with Gasteiger partial charge in [0.1, 0.15) is 0 Å². The van der Waals surface area contributed by atoms with Crippen LogP contribution in [0.4, 0.5) is 0 Å². The fraction of sp³-hybridized carbons (Fsp3) is 1.00. The van der Waals surface area contributed by atoms with Gasteiger partial charge in [0.15, 0.2) is 0 Å². The van der Waals surface area contributed by atoms with Crippen LogP contribution in [-0.2, 0) is 4.74 Å². The second-order valence-electron chi connectivity index (χ2n) is 6.68. The zero-order valence-corrected chi connectivity index (χ0v) is 17.0. The van der Waals surface area contributed by atoms with E-state index in [2.05, 4.69) is 15.9 Å². The van der Waals surface area contributed by atoms with E-state index in [1.807, 2.05) is 0 Å². The summed E-state index contributed by atoms with van der Waals surface area (Å²) in [5.74, 6) is 0. The first-order valence-electron chi connectivity index (χ1n) is 10.2. The average molecular weight is 393 g/mol. The lowest BCUT2D eigenvalue weighted by molar-refractivity contribution is 0.127. The molecule has 23 heavy (non-hydrogen) atoms. The van der Waals surface area contributed by atoms with Gasteiger partial charge in [-0.05, 0) is 25.7 Å². The van der Waals surface area contributed by atoms with E-state index in [4.69, 9.17) is 9.84 Å². The van der Waals surface area contributed by atoms with Crippen molar-refractivity contribution in [1.82, 2.24) is 0 Å². The second kappa shape index (κ2) is 22.4. The smallest absolute Gasteiger partial charge is 0.0466 e. The van der Waals surface area contributed by atoms with Crippen LogP contribution in [0.15, 0.2) is 0 Å². The molecular weight excluding hydrogens is 352 g/mol. The first-order valence-corrected chi connectivity index (χ1v) is 11.3. The molecule has 0 heterocycles. The third-order valence-corrected chi connectivity index (χ3v) is 4.93. The Balaban J connectivity index is 2.92. The Kier molecular flexibility index (Phi) is 22.8. The zero-order valence-electron chi connectivity index (χ0n) is 15.4. The van der Waals surface area contributed by atoms with E-state index in [1.54, 1.807) is 0 Å². The van der Waals surface area contributed by atoms with Crippen molar-refractivity contribution < 1.29 is 9.84 Å². The molecule has 2 nitrogen and oxygen atoms in total. The van der Waals surface area contributed by atoms with Crippen LogP contribution >= 0.6 is 15.9 Å². The molecule has 0 aliphatic heterocycles. The van der Waals surface area contributed by atoms with Gasteiger partial charge in [-0.1, -0.05) is 93.0 Å². The van der Waals surface area contributed by atoms with Gasteiger partial charge >= 0.3 is 0 Å². The third kappa shape index (κ3) is 22.4. The highest BCUT2D eigenvalue weighted by atomic mass is 79.9. The third-order valence-electron chi connectivity index (χ3n) is 4.37. The first kappa shape index (κ1) is 23.4. The molecule has 0 saturated carbocycles. The topological polar surface area (TPSA) is 29.5 Å². The van der Waals surface area contributed by atoms with Crippen molar-refractivity contribution in [2.75, 3.05) is 25.2 Å². The quantitative estimate of drug-likeness (QED) is 0.186. The van der Waals surface area contributed by atoms with Crippen LogP contribution in [0.1, 0.15) is 103 Å². The molecule has 0 radical (unpaired) electrons. The number of hydrogen-bond donors (Lipinski definition) is 1. The summed E-state index contributed by atoms with van der Waals surface area (Å²) in [5.41, 5.74) is 0. The fourth-order valence-corrected chi connectivity index (χ4v) is 3.23. The Hall–Kier alpha value is 0.400. The van der Waals surface area contributed by atoms with Gasteiger partial charge in [-0.25, -0.2) is 0 Å². The van der Waals surface area contributed by atoms with Crippen molar-refractivity contribution in [3.63, 3.8) is 0 Å². The number of aliphatic hydroxyl groups excluding tert-OH is 1. The molecule has 0 fully saturated rings. The first-order chi connectivity index (χ1) is 11.4. The molecule has 0 aliphatic rings. The number of unbranched alkanes of at least 4 members (excludes halogenated alkanes) is 14. The van der Waals surface area contributed by atoms with Gasteiger partial charge in [0.2, 0.25) is 0 Å². The lowest BCUT2D eigenvalue weighted by atomic mass is 10.0. The molecule has 0 aromatic carbocycles. The minimum absolute atomic E-state index is 0.365.